The normalized spacial score (nSPS) is 15.1. The largest absolute Gasteiger partial charge is 0.498 e. The number of carbonyl (C=O) groups is 1. The van der Waals surface area contributed by atoms with E-state index in [0.717, 1.165) is 11.1 Å². The van der Waals surface area contributed by atoms with E-state index in [4.69, 9.17) is 28.4 Å². The van der Waals surface area contributed by atoms with Gasteiger partial charge in [-0.2, -0.15) is 0 Å². The molecule has 150 valence electrons. The first kappa shape index (κ1) is 20.9. The van der Waals surface area contributed by atoms with Gasteiger partial charge in [0.25, 0.3) is 11.6 Å². The molecule has 0 atom stereocenters. The first-order valence-corrected chi connectivity index (χ1v) is 9.63. The molecule has 0 aliphatic carbocycles. The van der Waals surface area contributed by atoms with Gasteiger partial charge in [-0.25, -0.2) is 0 Å². The lowest BCUT2D eigenvalue weighted by atomic mass is 9.96. The van der Waals surface area contributed by atoms with Crippen molar-refractivity contribution in [3.05, 3.63) is 79.9 Å². The van der Waals surface area contributed by atoms with Gasteiger partial charge in [0.05, 0.1) is 6.04 Å². The van der Waals surface area contributed by atoms with E-state index < -0.39 is 11.6 Å². The van der Waals surface area contributed by atoms with Gasteiger partial charge in [-0.15, -0.1) is 0 Å². The van der Waals surface area contributed by atoms with Crippen LogP contribution in [0.4, 0.5) is 0 Å². The second-order valence-electron chi connectivity index (χ2n) is 6.49. The van der Waals surface area contributed by atoms with E-state index in [-0.39, 0.29) is 6.04 Å². The molecule has 7 nitrogen and oxygen atoms in total. The third-order valence-electron chi connectivity index (χ3n) is 4.79. The van der Waals surface area contributed by atoms with Gasteiger partial charge in [0, 0.05) is 41.2 Å². The molecular formula is C20H18Cl2N4O3. The summed E-state index contributed by atoms with van der Waals surface area (Å²) in [5.41, 5.74) is 1.64. The van der Waals surface area contributed by atoms with E-state index in [2.05, 4.69) is 15.1 Å². The lowest BCUT2D eigenvalue weighted by molar-refractivity contribution is -0.126. The van der Waals surface area contributed by atoms with Gasteiger partial charge in [0.15, 0.2) is 0 Å². The summed E-state index contributed by atoms with van der Waals surface area (Å²) >= 11 is 12.1. The molecule has 0 radical (unpaired) electrons. The third-order valence-corrected chi connectivity index (χ3v) is 5.30. The molecule has 3 rings (SSSR count). The zero-order valence-electron chi connectivity index (χ0n) is 15.3. The van der Waals surface area contributed by atoms with Crippen LogP contribution < -0.4 is 0 Å². The molecule has 1 fully saturated rings. The fraction of sp³-hybridized carbons (Fsp3) is 0.250. The van der Waals surface area contributed by atoms with Crippen LogP contribution in [-0.2, 0) is 4.79 Å². The van der Waals surface area contributed by atoms with Crippen molar-refractivity contribution in [2.24, 2.45) is 5.16 Å². The third kappa shape index (κ3) is 4.98. The Morgan fingerprint density at radius 3 is 1.90 bits per heavy atom. The monoisotopic (exact) mass is 432 g/mol. The number of amides is 1. The summed E-state index contributed by atoms with van der Waals surface area (Å²) in [5, 5.41) is 25.7. The average molecular weight is 433 g/mol. The van der Waals surface area contributed by atoms with E-state index in [9.17, 15) is 10.0 Å². The van der Waals surface area contributed by atoms with Gasteiger partial charge >= 0.3 is 6.07 Å². The standard InChI is InChI=1S/C20H18Cl2N4O3/c21-16-5-1-14(2-6-16)19(15-3-7-17(22)8-4-15)25-9-11-26(12-10-25)20(27)18(24-29)13-23-28/h1-8,19,29H,9-12H2. The minimum Gasteiger partial charge on any atom is -0.498 e. The van der Waals surface area contributed by atoms with Crippen molar-refractivity contribution in [2.45, 2.75) is 6.04 Å². The molecule has 0 saturated carbocycles. The number of hydrogen-bond acceptors (Lipinski definition) is 5. The van der Waals surface area contributed by atoms with Crippen LogP contribution in [0.15, 0.2) is 53.7 Å². The van der Waals surface area contributed by atoms with Crippen molar-refractivity contribution in [1.82, 2.24) is 9.80 Å². The number of benzene rings is 2. The summed E-state index contributed by atoms with van der Waals surface area (Å²) in [6.07, 6.45) is 0. The average Bonchev–Trinajstić information content (AvgIpc) is 2.75. The van der Waals surface area contributed by atoms with E-state index in [1.54, 1.807) is 0 Å². The highest BCUT2D eigenvalue weighted by Gasteiger charge is 2.31. The Balaban J connectivity index is 1.81. The van der Waals surface area contributed by atoms with Crippen LogP contribution in [0.25, 0.3) is 5.01 Å². The number of rotatable bonds is 4. The number of oxime groups is 1. The summed E-state index contributed by atoms with van der Waals surface area (Å²) in [5.74, 6) is -0.582. The van der Waals surface area contributed by atoms with Crippen LogP contribution in [0.2, 0.25) is 10.0 Å². The molecule has 1 aliphatic rings. The van der Waals surface area contributed by atoms with E-state index in [1.165, 1.54) is 4.90 Å². The Kier molecular flexibility index (Phi) is 6.94. The molecule has 29 heavy (non-hydrogen) atoms. The molecule has 0 aromatic heterocycles. The Labute approximate surface area is 178 Å². The smallest absolute Gasteiger partial charge is 0.366 e. The quantitative estimate of drug-likeness (QED) is 0.451. The highest BCUT2D eigenvalue weighted by molar-refractivity contribution is 6.45. The molecule has 0 spiro atoms. The molecule has 0 bridgehead atoms. The van der Waals surface area contributed by atoms with Gasteiger partial charge in [0.2, 0.25) is 0 Å². The molecule has 9 heteroatoms. The predicted octanol–water partition coefficient (Wildman–Crippen LogP) is 3.89. The summed E-state index contributed by atoms with van der Waals surface area (Å²) in [6, 6.07) is 17.1. The molecule has 1 heterocycles. The number of piperazine rings is 1. The van der Waals surface area contributed by atoms with Crippen molar-refractivity contribution in [2.75, 3.05) is 26.2 Å². The Morgan fingerprint density at radius 2 is 1.48 bits per heavy atom. The lowest BCUT2D eigenvalue weighted by Crippen LogP contribution is -2.51. The van der Waals surface area contributed by atoms with Crippen molar-refractivity contribution in [3.8, 4) is 6.07 Å². The van der Waals surface area contributed by atoms with Gasteiger partial charge in [-0.1, -0.05) is 52.6 Å². The van der Waals surface area contributed by atoms with Crippen molar-refractivity contribution in [1.29, 1.82) is 0 Å². The summed E-state index contributed by atoms with van der Waals surface area (Å²) < 4.78 is 0. The molecule has 1 aliphatic heterocycles. The number of carbonyl (C=O) groups excluding carboxylic acids is 1. The van der Waals surface area contributed by atoms with E-state index in [1.807, 2.05) is 54.6 Å². The Morgan fingerprint density at radius 1 is 1.00 bits per heavy atom. The van der Waals surface area contributed by atoms with Gasteiger partial charge in [0.1, 0.15) is 0 Å². The van der Waals surface area contributed by atoms with Crippen LogP contribution in [-0.4, -0.2) is 52.8 Å². The van der Waals surface area contributed by atoms with Crippen LogP contribution in [0.1, 0.15) is 17.2 Å². The number of hydrogen-bond donors (Lipinski definition) is 1. The molecule has 0 unspecified atom stereocenters. The second-order valence-corrected chi connectivity index (χ2v) is 7.36. The molecule has 1 N–H and O–H groups in total. The fourth-order valence-corrected chi connectivity index (χ4v) is 3.65. The molecule has 2 aromatic carbocycles. The predicted molar refractivity (Wildman–Crippen MR) is 113 cm³/mol. The SMILES string of the molecule is O=C(C(C#[N+][O-])=NO)N1CCN(C(c2ccc(Cl)cc2)c2ccc(Cl)cc2)CC1. The van der Waals surface area contributed by atoms with Crippen LogP contribution >= 0.6 is 23.2 Å². The summed E-state index contributed by atoms with van der Waals surface area (Å²) in [4.78, 5) is 16.1. The topological polar surface area (TPSA) is 83.6 Å². The van der Waals surface area contributed by atoms with Crippen LogP contribution in [0.3, 0.4) is 0 Å². The second kappa shape index (κ2) is 9.61. The molecule has 1 saturated heterocycles. The zero-order chi connectivity index (χ0) is 20.8. The van der Waals surface area contributed by atoms with Gasteiger partial charge in [-0.05, 0) is 35.4 Å². The Bertz CT molecular complexity index is 899. The molecule has 2 aromatic rings. The van der Waals surface area contributed by atoms with Crippen molar-refractivity contribution in [3.63, 3.8) is 0 Å². The highest BCUT2D eigenvalue weighted by atomic mass is 35.5. The minimum absolute atomic E-state index is 0.0393. The van der Waals surface area contributed by atoms with Crippen molar-refractivity contribution < 1.29 is 10.0 Å². The lowest BCUT2D eigenvalue weighted by Gasteiger charge is -2.39. The molecular weight excluding hydrogens is 415 g/mol. The summed E-state index contributed by atoms with van der Waals surface area (Å²) in [6.45, 7) is 1.95. The van der Waals surface area contributed by atoms with Crippen LogP contribution in [0.5, 0.6) is 0 Å². The number of nitrogens with zero attached hydrogens (tertiary/aromatic N) is 4. The highest BCUT2D eigenvalue weighted by Crippen LogP contribution is 2.31. The van der Waals surface area contributed by atoms with E-state index in [0.29, 0.717) is 36.2 Å². The van der Waals surface area contributed by atoms with E-state index >= 15 is 0 Å². The van der Waals surface area contributed by atoms with Gasteiger partial charge < -0.3 is 15.3 Å². The first-order valence-electron chi connectivity index (χ1n) is 8.88. The molecule has 1 amide bonds. The maximum atomic E-state index is 12.3. The summed E-state index contributed by atoms with van der Waals surface area (Å²) in [7, 11) is 0. The van der Waals surface area contributed by atoms with Gasteiger partial charge in [-0.3, -0.25) is 9.69 Å². The first-order chi connectivity index (χ1) is 14.0. The fourth-order valence-electron chi connectivity index (χ4n) is 3.39. The van der Waals surface area contributed by atoms with Crippen LogP contribution in [0, 0.1) is 11.3 Å². The zero-order valence-corrected chi connectivity index (χ0v) is 16.8. The minimum atomic E-state index is -0.582. The maximum absolute atomic E-state index is 12.3. The Hall–Kier alpha value is -2.79. The maximum Gasteiger partial charge on any atom is 0.366 e. The van der Waals surface area contributed by atoms with Crippen molar-refractivity contribution >= 4 is 34.8 Å². The number of halogens is 2.